The van der Waals surface area contributed by atoms with Crippen LogP contribution in [0.1, 0.15) is 29.8 Å². The Morgan fingerprint density at radius 2 is 1.71 bits per heavy atom. The number of carbonyl (C=O) groups excluding carboxylic acids is 1. The van der Waals surface area contributed by atoms with Gasteiger partial charge in [0.25, 0.3) is 5.91 Å². The topological polar surface area (TPSA) is 51.7 Å². The Labute approximate surface area is 185 Å². The Bertz CT molecular complexity index is 1170. The first kappa shape index (κ1) is 20.9. The van der Waals surface area contributed by atoms with Crippen LogP contribution in [0.15, 0.2) is 72.8 Å². The number of rotatable bonds is 7. The molecule has 0 aliphatic rings. The zero-order chi connectivity index (χ0) is 21.8. The van der Waals surface area contributed by atoms with Crippen molar-refractivity contribution in [1.82, 2.24) is 4.98 Å². The first-order valence-electron chi connectivity index (χ1n) is 10.1. The van der Waals surface area contributed by atoms with E-state index in [9.17, 15) is 4.79 Å². The van der Waals surface area contributed by atoms with E-state index in [1.807, 2.05) is 74.5 Å². The molecule has 0 saturated heterocycles. The monoisotopic (exact) mass is 432 g/mol. The highest BCUT2D eigenvalue weighted by atomic mass is 32.1. The van der Waals surface area contributed by atoms with Crippen LogP contribution in [0.4, 0.5) is 5.13 Å². The standard InChI is InChI=1S/C25H24N2O3S/c1-17(2)30-20-11-9-19(10-12-20)24(28)27(16-18-7-5-4-6-8-18)25-26-22-14-13-21(29-3)15-23(22)31-25/h4-15,17H,16H2,1-3H3. The lowest BCUT2D eigenvalue weighted by Crippen LogP contribution is -2.30. The Balaban J connectivity index is 1.69. The summed E-state index contributed by atoms with van der Waals surface area (Å²) in [4.78, 5) is 20.0. The van der Waals surface area contributed by atoms with Crippen molar-refractivity contribution >= 4 is 32.6 Å². The maximum Gasteiger partial charge on any atom is 0.260 e. The number of ether oxygens (including phenoxy) is 2. The van der Waals surface area contributed by atoms with Gasteiger partial charge >= 0.3 is 0 Å². The number of hydrogen-bond acceptors (Lipinski definition) is 5. The molecule has 0 spiro atoms. The summed E-state index contributed by atoms with van der Waals surface area (Å²) in [5, 5.41) is 0.652. The van der Waals surface area contributed by atoms with E-state index in [4.69, 9.17) is 14.5 Å². The van der Waals surface area contributed by atoms with Crippen LogP contribution in [0.5, 0.6) is 11.5 Å². The summed E-state index contributed by atoms with van der Waals surface area (Å²) < 4.78 is 12.0. The lowest BCUT2D eigenvalue weighted by Gasteiger charge is -2.20. The largest absolute Gasteiger partial charge is 0.497 e. The lowest BCUT2D eigenvalue weighted by molar-refractivity contribution is 0.0985. The number of amides is 1. The van der Waals surface area contributed by atoms with Gasteiger partial charge in [0.15, 0.2) is 5.13 Å². The van der Waals surface area contributed by atoms with Gasteiger partial charge in [0.2, 0.25) is 0 Å². The zero-order valence-electron chi connectivity index (χ0n) is 17.7. The second-order valence-electron chi connectivity index (χ2n) is 7.40. The molecule has 0 radical (unpaired) electrons. The number of methoxy groups -OCH3 is 1. The van der Waals surface area contributed by atoms with Crippen LogP contribution in [0.2, 0.25) is 0 Å². The van der Waals surface area contributed by atoms with Crippen LogP contribution in [0, 0.1) is 0 Å². The predicted octanol–water partition coefficient (Wildman–Crippen LogP) is 5.94. The molecule has 5 nitrogen and oxygen atoms in total. The summed E-state index contributed by atoms with van der Waals surface area (Å²) in [5.74, 6) is 1.41. The van der Waals surface area contributed by atoms with Gasteiger partial charge in [-0.1, -0.05) is 41.7 Å². The molecule has 1 aromatic heterocycles. The van der Waals surface area contributed by atoms with Crippen LogP contribution in [0.25, 0.3) is 10.2 Å². The summed E-state index contributed by atoms with van der Waals surface area (Å²) in [6, 6.07) is 22.9. The van der Waals surface area contributed by atoms with Gasteiger partial charge in [-0.3, -0.25) is 9.69 Å². The van der Waals surface area contributed by atoms with E-state index >= 15 is 0 Å². The number of hydrogen-bond donors (Lipinski definition) is 0. The number of anilines is 1. The fourth-order valence-electron chi connectivity index (χ4n) is 3.23. The maximum absolute atomic E-state index is 13.5. The molecule has 4 rings (SSSR count). The second kappa shape index (κ2) is 9.18. The van der Waals surface area contributed by atoms with Gasteiger partial charge < -0.3 is 9.47 Å². The van der Waals surface area contributed by atoms with Gasteiger partial charge in [-0.15, -0.1) is 0 Å². The van der Waals surface area contributed by atoms with Crippen molar-refractivity contribution in [3.63, 3.8) is 0 Å². The van der Waals surface area contributed by atoms with Crippen LogP contribution in [-0.2, 0) is 6.54 Å². The van der Waals surface area contributed by atoms with E-state index in [0.717, 1.165) is 27.3 Å². The Morgan fingerprint density at radius 3 is 2.39 bits per heavy atom. The van der Waals surface area contributed by atoms with Gasteiger partial charge in [-0.2, -0.15) is 0 Å². The molecule has 0 fully saturated rings. The van der Waals surface area contributed by atoms with Crippen LogP contribution in [0.3, 0.4) is 0 Å². The molecule has 6 heteroatoms. The fraction of sp³-hybridized carbons (Fsp3) is 0.200. The minimum Gasteiger partial charge on any atom is -0.497 e. The molecule has 1 amide bonds. The van der Waals surface area contributed by atoms with E-state index in [0.29, 0.717) is 17.2 Å². The van der Waals surface area contributed by atoms with E-state index < -0.39 is 0 Å². The first-order valence-corrected chi connectivity index (χ1v) is 10.9. The molecule has 0 aliphatic carbocycles. The molecule has 0 N–H and O–H groups in total. The van der Waals surface area contributed by atoms with Crippen LogP contribution in [-0.4, -0.2) is 24.1 Å². The van der Waals surface area contributed by atoms with E-state index in [1.165, 1.54) is 11.3 Å². The molecule has 1 heterocycles. The highest BCUT2D eigenvalue weighted by Gasteiger charge is 2.22. The molecule has 0 aliphatic heterocycles. The molecule has 158 valence electrons. The van der Waals surface area contributed by atoms with Gasteiger partial charge in [-0.25, -0.2) is 4.98 Å². The molecular weight excluding hydrogens is 408 g/mol. The highest BCUT2D eigenvalue weighted by Crippen LogP contribution is 2.33. The van der Waals surface area contributed by atoms with Crippen molar-refractivity contribution in [3.05, 3.63) is 83.9 Å². The summed E-state index contributed by atoms with van der Waals surface area (Å²) in [5.41, 5.74) is 2.46. The van der Waals surface area contributed by atoms with Crippen molar-refractivity contribution in [3.8, 4) is 11.5 Å². The summed E-state index contributed by atoms with van der Waals surface area (Å²) in [7, 11) is 1.64. The number of nitrogens with zero attached hydrogens (tertiary/aromatic N) is 2. The fourth-order valence-corrected chi connectivity index (χ4v) is 4.22. The maximum atomic E-state index is 13.5. The number of carbonyl (C=O) groups is 1. The average Bonchev–Trinajstić information content (AvgIpc) is 3.20. The molecule has 3 aromatic carbocycles. The van der Waals surface area contributed by atoms with Crippen molar-refractivity contribution < 1.29 is 14.3 Å². The minimum absolute atomic E-state index is 0.0795. The zero-order valence-corrected chi connectivity index (χ0v) is 18.6. The molecule has 0 saturated carbocycles. The summed E-state index contributed by atoms with van der Waals surface area (Å²) in [6.07, 6.45) is 0.0795. The normalized spacial score (nSPS) is 11.0. The SMILES string of the molecule is COc1ccc2nc(N(Cc3ccccc3)C(=O)c3ccc(OC(C)C)cc3)sc2c1. The number of aromatic nitrogens is 1. The van der Waals surface area contributed by atoms with E-state index in [2.05, 4.69) is 0 Å². The van der Waals surface area contributed by atoms with Crippen molar-refractivity contribution in [1.29, 1.82) is 0 Å². The second-order valence-corrected chi connectivity index (χ2v) is 8.41. The van der Waals surface area contributed by atoms with Gasteiger partial charge in [0, 0.05) is 5.56 Å². The molecular formula is C25H24N2O3S. The predicted molar refractivity (Wildman–Crippen MR) is 125 cm³/mol. The van der Waals surface area contributed by atoms with E-state index in [-0.39, 0.29) is 12.0 Å². The average molecular weight is 433 g/mol. The third-order valence-corrected chi connectivity index (χ3v) is 5.76. The minimum atomic E-state index is -0.106. The quantitative estimate of drug-likeness (QED) is 0.363. The highest BCUT2D eigenvalue weighted by molar-refractivity contribution is 7.22. The molecule has 4 aromatic rings. The molecule has 0 atom stereocenters. The van der Waals surface area contributed by atoms with Crippen molar-refractivity contribution in [2.24, 2.45) is 0 Å². The molecule has 31 heavy (non-hydrogen) atoms. The summed E-state index contributed by atoms with van der Waals surface area (Å²) in [6.45, 7) is 4.38. The van der Waals surface area contributed by atoms with Gasteiger partial charge in [-0.05, 0) is 61.9 Å². The third-order valence-electron chi connectivity index (χ3n) is 4.72. The summed E-state index contributed by atoms with van der Waals surface area (Å²) >= 11 is 1.48. The van der Waals surface area contributed by atoms with Gasteiger partial charge in [0.05, 0.1) is 30.0 Å². The molecule has 0 unspecified atom stereocenters. The Hall–Kier alpha value is -3.38. The van der Waals surface area contributed by atoms with Gasteiger partial charge in [0.1, 0.15) is 11.5 Å². The number of thiazole rings is 1. The smallest absolute Gasteiger partial charge is 0.260 e. The Morgan fingerprint density at radius 1 is 1.00 bits per heavy atom. The Kier molecular flexibility index (Phi) is 6.18. The number of benzene rings is 3. The van der Waals surface area contributed by atoms with Crippen LogP contribution >= 0.6 is 11.3 Å². The number of fused-ring (bicyclic) bond motifs is 1. The van der Waals surface area contributed by atoms with Crippen LogP contribution < -0.4 is 14.4 Å². The van der Waals surface area contributed by atoms with Crippen molar-refractivity contribution in [2.45, 2.75) is 26.5 Å². The third kappa shape index (κ3) is 4.86. The van der Waals surface area contributed by atoms with Crippen molar-refractivity contribution in [2.75, 3.05) is 12.0 Å². The molecule has 0 bridgehead atoms. The van der Waals surface area contributed by atoms with E-state index in [1.54, 1.807) is 24.1 Å². The first-order chi connectivity index (χ1) is 15.0. The lowest BCUT2D eigenvalue weighted by atomic mass is 10.1.